The molecule has 2 aromatic rings. The molecule has 3 nitrogen and oxygen atoms in total. The van der Waals surface area contributed by atoms with Crippen molar-refractivity contribution in [2.24, 2.45) is 0 Å². The Hall–Kier alpha value is -2.46. The average molecular weight is 371 g/mol. The van der Waals surface area contributed by atoms with Crippen LogP contribution in [0.15, 0.2) is 71.2 Å². The molecule has 0 fully saturated rings. The van der Waals surface area contributed by atoms with Crippen LogP contribution in [0.3, 0.4) is 0 Å². The molecule has 2 aromatic carbocycles. The maximum absolute atomic E-state index is 12.1. The van der Waals surface area contributed by atoms with Crippen LogP contribution in [0.2, 0.25) is 0 Å². The van der Waals surface area contributed by atoms with Crippen molar-refractivity contribution in [1.82, 2.24) is 0 Å². The van der Waals surface area contributed by atoms with E-state index < -0.39 is 5.97 Å². The van der Waals surface area contributed by atoms with Gasteiger partial charge in [0.1, 0.15) is 5.75 Å². The van der Waals surface area contributed by atoms with Gasteiger partial charge in [-0.1, -0.05) is 40.7 Å². The number of allylic oxidation sites excluding steroid dienone is 1. The molecule has 0 spiro atoms. The molecule has 4 heteroatoms. The van der Waals surface area contributed by atoms with Gasteiger partial charge >= 0.3 is 5.97 Å². The number of hydrogen-bond donors (Lipinski definition) is 0. The lowest BCUT2D eigenvalue weighted by molar-refractivity contribution is -0.130. The molecule has 0 aliphatic carbocycles. The monoisotopic (exact) mass is 370 g/mol. The van der Waals surface area contributed by atoms with Crippen molar-refractivity contribution in [3.8, 4) is 5.75 Å². The molecule has 0 N–H and O–H groups in total. The summed E-state index contributed by atoms with van der Waals surface area (Å²) in [5, 5.41) is 0. The smallest absolute Gasteiger partial charge is 0.338 e. The van der Waals surface area contributed by atoms with E-state index in [9.17, 15) is 9.59 Å². The molecule has 0 aliphatic heterocycles. The van der Waals surface area contributed by atoms with E-state index >= 15 is 0 Å². The number of benzene rings is 2. The van der Waals surface area contributed by atoms with Gasteiger partial charge in [-0.05, 0) is 55.0 Å². The van der Waals surface area contributed by atoms with Crippen LogP contribution in [-0.4, -0.2) is 11.8 Å². The van der Waals surface area contributed by atoms with Crippen LogP contribution in [0.5, 0.6) is 5.75 Å². The van der Waals surface area contributed by atoms with Crippen LogP contribution in [0, 0.1) is 0 Å². The molecule has 0 aliphatic rings. The van der Waals surface area contributed by atoms with Crippen LogP contribution in [0.25, 0.3) is 6.08 Å². The first-order valence-corrected chi connectivity index (χ1v) is 7.71. The van der Waals surface area contributed by atoms with Gasteiger partial charge in [0.2, 0.25) is 0 Å². The molecule has 2 rings (SSSR count). The number of carbonyl (C=O) groups excluding carboxylic acids is 2. The van der Waals surface area contributed by atoms with Crippen molar-refractivity contribution in [1.29, 1.82) is 0 Å². The zero-order chi connectivity index (χ0) is 16.8. The number of ketones is 1. The van der Waals surface area contributed by atoms with E-state index in [-0.39, 0.29) is 5.78 Å². The van der Waals surface area contributed by atoms with Crippen LogP contribution < -0.4 is 4.74 Å². The summed E-state index contributed by atoms with van der Waals surface area (Å²) >= 11 is 3.39. The first kappa shape index (κ1) is 16.9. The summed E-state index contributed by atoms with van der Waals surface area (Å²) in [5.74, 6) is -0.230. The summed E-state index contributed by atoms with van der Waals surface area (Å²) in [6.07, 6.45) is 3.26. The second kappa shape index (κ2) is 7.70. The molecule has 0 saturated heterocycles. The number of rotatable bonds is 5. The minimum atomic E-state index is -0.487. The third-order valence-electron chi connectivity index (χ3n) is 2.97. The molecular formula is C19H15BrO3. The van der Waals surface area contributed by atoms with Gasteiger partial charge in [-0.3, -0.25) is 4.79 Å². The van der Waals surface area contributed by atoms with E-state index in [0.29, 0.717) is 16.9 Å². The Kier molecular flexibility index (Phi) is 5.66. The molecule has 0 amide bonds. The Balaban J connectivity index is 2.05. The van der Waals surface area contributed by atoms with E-state index in [0.717, 1.165) is 10.0 Å². The number of hydrogen-bond acceptors (Lipinski definition) is 3. The highest BCUT2D eigenvalue weighted by atomic mass is 79.9. The maximum Gasteiger partial charge on any atom is 0.338 e. The molecule has 0 heterocycles. The zero-order valence-corrected chi connectivity index (χ0v) is 14.2. The standard InChI is InChI=1S/C19H15BrO3/c1-13(2)19(22)23-17-9-7-15(8-10-17)18(21)11-6-14-4-3-5-16(20)12-14/h3-12H,1H2,2H3/b11-6+. The lowest BCUT2D eigenvalue weighted by atomic mass is 10.1. The van der Waals surface area contributed by atoms with Gasteiger partial charge in [-0.25, -0.2) is 4.79 Å². The van der Waals surface area contributed by atoms with E-state index in [2.05, 4.69) is 22.5 Å². The Morgan fingerprint density at radius 3 is 2.43 bits per heavy atom. The Bertz CT molecular complexity index is 773. The highest BCUT2D eigenvalue weighted by Crippen LogP contribution is 2.16. The third kappa shape index (κ3) is 5.04. The Morgan fingerprint density at radius 1 is 1.13 bits per heavy atom. The average Bonchev–Trinajstić information content (AvgIpc) is 2.53. The van der Waals surface area contributed by atoms with Crippen molar-refractivity contribution in [2.75, 3.05) is 0 Å². The number of carbonyl (C=O) groups is 2. The van der Waals surface area contributed by atoms with E-state index in [1.165, 1.54) is 6.08 Å². The lowest BCUT2D eigenvalue weighted by Gasteiger charge is -2.04. The molecule has 0 saturated carbocycles. The summed E-state index contributed by atoms with van der Waals surface area (Å²) in [6, 6.07) is 14.1. The van der Waals surface area contributed by atoms with Crippen LogP contribution in [-0.2, 0) is 4.79 Å². The summed E-state index contributed by atoms with van der Waals surface area (Å²) in [7, 11) is 0. The van der Waals surface area contributed by atoms with Crippen LogP contribution >= 0.6 is 15.9 Å². The molecule has 23 heavy (non-hydrogen) atoms. The fraction of sp³-hybridized carbons (Fsp3) is 0.0526. The minimum Gasteiger partial charge on any atom is -0.423 e. The van der Waals surface area contributed by atoms with Gasteiger partial charge in [0.25, 0.3) is 0 Å². The van der Waals surface area contributed by atoms with Crippen molar-refractivity contribution in [3.05, 3.63) is 82.4 Å². The fourth-order valence-corrected chi connectivity index (χ4v) is 2.18. The number of halogens is 1. The largest absolute Gasteiger partial charge is 0.423 e. The third-order valence-corrected chi connectivity index (χ3v) is 3.47. The highest BCUT2D eigenvalue weighted by Gasteiger charge is 2.06. The number of ether oxygens (including phenoxy) is 1. The molecule has 0 radical (unpaired) electrons. The second-order valence-electron chi connectivity index (χ2n) is 4.95. The van der Waals surface area contributed by atoms with Crippen molar-refractivity contribution < 1.29 is 14.3 Å². The van der Waals surface area contributed by atoms with Gasteiger partial charge in [0.15, 0.2) is 5.78 Å². The topological polar surface area (TPSA) is 43.4 Å². The summed E-state index contributed by atoms with van der Waals surface area (Å²) in [5.41, 5.74) is 1.77. The maximum atomic E-state index is 12.1. The fourth-order valence-electron chi connectivity index (χ4n) is 1.76. The van der Waals surface area contributed by atoms with Gasteiger partial charge in [0.05, 0.1) is 0 Å². The second-order valence-corrected chi connectivity index (χ2v) is 5.86. The Morgan fingerprint density at radius 2 is 1.83 bits per heavy atom. The molecular weight excluding hydrogens is 356 g/mol. The van der Waals surface area contributed by atoms with Crippen LogP contribution in [0.1, 0.15) is 22.8 Å². The molecule has 0 bridgehead atoms. The van der Waals surface area contributed by atoms with Gasteiger partial charge in [-0.2, -0.15) is 0 Å². The molecule has 0 atom stereocenters. The minimum absolute atomic E-state index is 0.122. The summed E-state index contributed by atoms with van der Waals surface area (Å²) in [6.45, 7) is 5.09. The number of esters is 1. The first-order chi connectivity index (χ1) is 11.0. The Labute approximate surface area is 143 Å². The predicted molar refractivity (Wildman–Crippen MR) is 94.4 cm³/mol. The first-order valence-electron chi connectivity index (χ1n) is 6.91. The molecule has 0 aromatic heterocycles. The molecule has 0 unspecified atom stereocenters. The lowest BCUT2D eigenvalue weighted by Crippen LogP contribution is -2.08. The molecule has 116 valence electrons. The van der Waals surface area contributed by atoms with Gasteiger partial charge < -0.3 is 4.74 Å². The van der Waals surface area contributed by atoms with Crippen LogP contribution in [0.4, 0.5) is 0 Å². The SMILES string of the molecule is C=C(C)C(=O)Oc1ccc(C(=O)/C=C/c2cccc(Br)c2)cc1. The van der Waals surface area contributed by atoms with E-state index in [4.69, 9.17) is 4.74 Å². The quantitative estimate of drug-likeness (QED) is 0.327. The normalized spacial score (nSPS) is 10.5. The van der Waals surface area contributed by atoms with Crippen molar-refractivity contribution in [2.45, 2.75) is 6.92 Å². The summed E-state index contributed by atoms with van der Waals surface area (Å²) < 4.78 is 6.03. The van der Waals surface area contributed by atoms with E-state index in [1.54, 1.807) is 37.3 Å². The highest BCUT2D eigenvalue weighted by molar-refractivity contribution is 9.10. The van der Waals surface area contributed by atoms with Crippen molar-refractivity contribution >= 4 is 33.8 Å². The van der Waals surface area contributed by atoms with Crippen molar-refractivity contribution in [3.63, 3.8) is 0 Å². The predicted octanol–water partition coefficient (Wildman–Crippen LogP) is 4.83. The summed E-state index contributed by atoms with van der Waals surface area (Å²) in [4.78, 5) is 23.5. The zero-order valence-electron chi connectivity index (χ0n) is 12.6. The van der Waals surface area contributed by atoms with E-state index in [1.807, 2.05) is 24.3 Å². The van der Waals surface area contributed by atoms with Gasteiger partial charge in [0, 0.05) is 15.6 Å². The van der Waals surface area contributed by atoms with Gasteiger partial charge in [-0.15, -0.1) is 0 Å².